The average molecular weight is 137 g/mol. The molecule has 0 saturated heterocycles. The van der Waals surface area contributed by atoms with Crippen molar-refractivity contribution in [2.45, 2.75) is 20.8 Å². The quantitative estimate of drug-likeness (QED) is 0.520. The molecule has 48 valence electrons. The summed E-state index contributed by atoms with van der Waals surface area (Å²) in [5.41, 5.74) is 0. The largest absolute Gasteiger partial charge is 0.211 e. The smallest absolute Gasteiger partial charge is 0.112 e. The Morgan fingerprint density at radius 3 is 1.88 bits per heavy atom. The molecule has 0 N–H and O–H groups in total. The van der Waals surface area contributed by atoms with Gasteiger partial charge >= 0.3 is 0 Å². The van der Waals surface area contributed by atoms with Gasteiger partial charge in [-0.2, -0.15) is 0 Å². The summed E-state index contributed by atoms with van der Waals surface area (Å²) in [5, 5.41) is 0.324. The minimum atomic E-state index is -0.276. The maximum atomic E-state index is 12.1. The highest BCUT2D eigenvalue weighted by atomic mass is 35.5. The summed E-state index contributed by atoms with van der Waals surface area (Å²) in [6.07, 6.45) is 0. The molecule has 0 rings (SSSR count). The van der Waals surface area contributed by atoms with Crippen LogP contribution in [-0.4, -0.2) is 0 Å². The van der Waals surface area contributed by atoms with Crippen LogP contribution < -0.4 is 0 Å². The van der Waals surface area contributed by atoms with Gasteiger partial charge in [0.15, 0.2) is 0 Å². The van der Waals surface area contributed by atoms with E-state index in [1.165, 1.54) is 6.92 Å². The number of halogens is 2. The maximum Gasteiger partial charge on any atom is 0.112 e. The van der Waals surface area contributed by atoms with Crippen molar-refractivity contribution in [3.8, 4) is 0 Å². The highest BCUT2D eigenvalue weighted by Gasteiger charge is 2.01. The van der Waals surface area contributed by atoms with Crippen molar-refractivity contribution in [1.29, 1.82) is 0 Å². The van der Waals surface area contributed by atoms with Crippen LogP contribution in [0.3, 0.4) is 0 Å². The Hall–Kier alpha value is -0.0400. The van der Waals surface area contributed by atoms with Crippen LogP contribution in [-0.2, 0) is 0 Å². The normalized spacial score (nSPS) is 14.2. The molecule has 0 spiro atoms. The van der Waals surface area contributed by atoms with Gasteiger partial charge < -0.3 is 0 Å². The molecule has 0 nitrogen and oxygen atoms in total. The molecule has 0 aliphatic carbocycles. The third-order valence-electron chi connectivity index (χ3n) is 0.836. The van der Waals surface area contributed by atoms with Crippen LogP contribution in [0.15, 0.2) is 10.9 Å². The highest BCUT2D eigenvalue weighted by molar-refractivity contribution is 6.30. The van der Waals surface area contributed by atoms with Gasteiger partial charge in [-0.1, -0.05) is 25.4 Å². The molecule has 0 aromatic carbocycles. The van der Waals surface area contributed by atoms with Gasteiger partial charge in [0.25, 0.3) is 0 Å². The van der Waals surface area contributed by atoms with Crippen molar-refractivity contribution >= 4 is 11.6 Å². The van der Waals surface area contributed by atoms with E-state index in [-0.39, 0.29) is 11.7 Å². The fraction of sp³-hybridized carbons (Fsp3) is 0.667. The van der Waals surface area contributed by atoms with Gasteiger partial charge in [-0.15, -0.1) is 0 Å². The fourth-order valence-corrected chi connectivity index (χ4v) is 0.398. The second kappa shape index (κ2) is 3.08. The lowest BCUT2D eigenvalue weighted by molar-refractivity contribution is 0.613. The van der Waals surface area contributed by atoms with Crippen molar-refractivity contribution < 1.29 is 4.39 Å². The molecule has 0 atom stereocenters. The molecular formula is C6H10ClF. The Kier molecular flexibility index (Phi) is 3.06. The Morgan fingerprint density at radius 1 is 1.50 bits per heavy atom. The van der Waals surface area contributed by atoms with E-state index in [0.29, 0.717) is 5.03 Å². The van der Waals surface area contributed by atoms with Gasteiger partial charge in [0.2, 0.25) is 0 Å². The third-order valence-corrected chi connectivity index (χ3v) is 1.53. The van der Waals surface area contributed by atoms with Crippen molar-refractivity contribution in [2.24, 2.45) is 5.92 Å². The van der Waals surface area contributed by atoms with E-state index in [9.17, 15) is 4.39 Å². The molecule has 0 aromatic rings. The van der Waals surface area contributed by atoms with Gasteiger partial charge in [0.1, 0.15) is 5.83 Å². The summed E-state index contributed by atoms with van der Waals surface area (Å²) in [6.45, 7) is 5.07. The number of allylic oxidation sites excluding steroid dienone is 2. The molecule has 0 heterocycles. The zero-order valence-corrected chi connectivity index (χ0v) is 6.09. The van der Waals surface area contributed by atoms with Crippen LogP contribution in [0.4, 0.5) is 4.39 Å². The molecule has 0 bridgehead atoms. The van der Waals surface area contributed by atoms with Crippen molar-refractivity contribution in [3.05, 3.63) is 10.9 Å². The Morgan fingerprint density at radius 2 is 1.88 bits per heavy atom. The van der Waals surface area contributed by atoms with Crippen LogP contribution in [0.5, 0.6) is 0 Å². The lowest BCUT2D eigenvalue weighted by atomic mass is 10.2. The van der Waals surface area contributed by atoms with E-state index in [1.54, 1.807) is 0 Å². The topological polar surface area (TPSA) is 0 Å². The SMILES string of the molecule is C/C(F)=C(/Cl)C(C)C. The van der Waals surface area contributed by atoms with Gasteiger partial charge in [-0.05, 0) is 12.8 Å². The van der Waals surface area contributed by atoms with E-state index in [0.717, 1.165) is 0 Å². The zero-order chi connectivity index (χ0) is 6.73. The average Bonchev–Trinajstić information content (AvgIpc) is 1.64. The second-order valence-electron chi connectivity index (χ2n) is 2.04. The Labute approximate surface area is 54.3 Å². The number of rotatable bonds is 1. The summed E-state index contributed by atoms with van der Waals surface area (Å²) < 4.78 is 12.1. The van der Waals surface area contributed by atoms with Gasteiger partial charge in [-0.25, -0.2) is 4.39 Å². The summed E-state index contributed by atoms with van der Waals surface area (Å²) in [7, 11) is 0. The van der Waals surface area contributed by atoms with E-state index in [1.807, 2.05) is 13.8 Å². The molecule has 8 heavy (non-hydrogen) atoms. The minimum Gasteiger partial charge on any atom is -0.211 e. The zero-order valence-electron chi connectivity index (χ0n) is 5.33. The third kappa shape index (κ3) is 2.31. The first-order valence-electron chi connectivity index (χ1n) is 2.57. The van der Waals surface area contributed by atoms with E-state index < -0.39 is 0 Å². The molecule has 0 aliphatic rings. The minimum absolute atomic E-state index is 0.113. The second-order valence-corrected chi connectivity index (χ2v) is 2.44. The Bertz CT molecular complexity index is 101. The fourth-order valence-electron chi connectivity index (χ4n) is 0.398. The van der Waals surface area contributed by atoms with E-state index in [2.05, 4.69) is 0 Å². The van der Waals surface area contributed by atoms with Crippen LogP contribution >= 0.6 is 11.6 Å². The van der Waals surface area contributed by atoms with Crippen LogP contribution in [0, 0.1) is 5.92 Å². The molecule has 0 aromatic heterocycles. The number of hydrogen-bond donors (Lipinski definition) is 0. The van der Waals surface area contributed by atoms with Crippen molar-refractivity contribution in [3.63, 3.8) is 0 Å². The predicted octanol–water partition coefficient (Wildman–Crippen LogP) is 3.08. The Balaban J connectivity index is 4.00. The highest BCUT2D eigenvalue weighted by Crippen LogP contribution is 2.18. The van der Waals surface area contributed by atoms with Crippen LogP contribution in [0.2, 0.25) is 0 Å². The first-order chi connectivity index (χ1) is 3.55. The molecule has 0 unspecified atom stereocenters. The van der Waals surface area contributed by atoms with E-state index >= 15 is 0 Å². The standard InChI is InChI=1S/C6H10ClF/c1-4(2)6(7)5(3)8/h4H,1-3H3/b6-5-. The summed E-state index contributed by atoms with van der Waals surface area (Å²) in [6, 6.07) is 0. The van der Waals surface area contributed by atoms with Gasteiger partial charge in [0.05, 0.1) is 5.03 Å². The lowest BCUT2D eigenvalue weighted by Gasteiger charge is -2.00. The van der Waals surface area contributed by atoms with Crippen LogP contribution in [0.1, 0.15) is 20.8 Å². The molecule has 0 fully saturated rings. The van der Waals surface area contributed by atoms with E-state index in [4.69, 9.17) is 11.6 Å². The molecule has 0 radical (unpaired) electrons. The summed E-state index contributed by atoms with van der Waals surface area (Å²) >= 11 is 5.46. The first kappa shape index (κ1) is 7.96. The van der Waals surface area contributed by atoms with Crippen molar-refractivity contribution in [1.82, 2.24) is 0 Å². The molecule has 0 saturated carbocycles. The molecule has 2 heteroatoms. The molecule has 0 aliphatic heterocycles. The molecular weight excluding hydrogens is 127 g/mol. The lowest BCUT2D eigenvalue weighted by Crippen LogP contribution is -1.86. The number of hydrogen-bond acceptors (Lipinski definition) is 0. The summed E-state index contributed by atoms with van der Waals surface area (Å²) in [4.78, 5) is 0. The van der Waals surface area contributed by atoms with Crippen molar-refractivity contribution in [2.75, 3.05) is 0 Å². The summed E-state index contributed by atoms with van der Waals surface area (Å²) in [5.74, 6) is -0.164. The van der Waals surface area contributed by atoms with Gasteiger partial charge in [-0.3, -0.25) is 0 Å². The monoisotopic (exact) mass is 136 g/mol. The maximum absolute atomic E-state index is 12.1. The van der Waals surface area contributed by atoms with Gasteiger partial charge in [0, 0.05) is 0 Å². The molecule has 0 amide bonds. The van der Waals surface area contributed by atoms with Crippen LogP contribution in [0.25, 0.3) is 0 Å². The first-order valence-corrected chi connectivity index (χ1v) is 2.95. The predicted molar refractivity (Wildman–Crippen MR) is 34.5 cm³/mol.